The van der Waals surface area contributed by atoms with E-state index in [1.54, 1.807) is 30.3 Å². The summed E-state index contributed by atoms with van der Waals surface area (Å²) in [4.78, 5) is 13.9. The van der Waals surface area contributed by atoms with Gasteiger partial charge in [0.2, 0.25) is 15.9 Å². The average molecular weight is 602 g/mol. The standard InChI is InChI=1S/C33H26Cl2N2O3S/c34-27-14-16-30(31(35)19-27)29-12-6-5-10-25(29)20-36-33(38)32-18-24-9-3-4-11-26(24)21-37(32)41(39,40)28-15-13-22-7-1-2-8-23(22)17-28/h1-17,19,32H,18,20-21H2,(H,36,38). The highest BCUT2D eigenvalue weighted by atomic mass is 35.5. The lowest BCUT2D eigenvalue weighted by atomic mass is 9.95. The molecule has 6 rings (SSSR count). The largest absolute Gasteiger partial charge is 0.351 e. The number of rotatable bonds is 6. The van der Waals surface area contributed by atoms with Gasteiger partial charge in [-0.05, 0) is 63.7 Å². The average Bonchev–Trinajstić information content (AvgIpc) is 2.99. The first kappa shape index (κ1) is 27.5. The predicted molar refractivity (Wildman–Crippen MR) is 164 cm³/mol. The molecule has 1 aliphatic heterocycles. The van der Waals surface area contributed by atoms with Crippen molar-refractivity contribution in [2.24, 2.45) is 0 Å². The summed E-state index contributed by atoms with van der Waals surface area (Å²) in [6.07, 6.45) is 0.277. The molecule has 0 bridgehead atoms. The van der Waals surface area contributed by atoms with Gasteiger partial charge in [0.1, 0.15) is 6.04 Å². The first-order valence-electron chi connectivity index (χ1n) is 13.2. The van der Waals surface area contributed by atoms with Crippen LogP contribution >= 0.6 is 23.2 Å². The second-order valence-corrected chi connectivity index (χ2v) is 12.8. The van der Waals surface area contributed by atoms with E-state index in [-0.39, 0.29) is 30.3 Å². The number of amides is 1. The zero-order valence-electron chi connectivity index (χ0n) is 21.9. The lowest BCUT2D eigenvalue weighted by Crippen LogP contribution is -2.52. The predicted octanol–water partition coefficient (Wildman–Crippen LogP) is 7.25. The van der Waals surface area contributed by atoms with Crippen LogP contribution in [0, 0.1) is 0 Å². The molecule has 0 saturated heterocycles. The van der Waals surface area contributed by atoms with Gasteiger partial charge in [-0.2, -0.15) is 4.31 Å². The van der Waals surface area contributed by atoms with Crippen LogP contribution in [0.5, 0.6) is 0 Å². The minimum atomic E-state index is -3.99. The zero-order chi connectivity index (χ0) is 28.6. The summed E-state index contributed by atoms with van der Waals surface area (Å²) in [5.74, 6) is -0.360. The van der Waals surface area contributed by atoms with Crippen LogP contribution in [0.2, 0.25) is 10.0 Å². The molecular weight excluding hydrogens is 575 g/mol. The number of nitrogens with zero attached hydrogens (tertiary/aromatic N) is 1. The Morgan fingerprint density at radius 1 is 0.780 bits per heavy atom. The number of hydrogen-bond donors (Lipinski definition) is 1. The van der Waals surface area contributed by atoms with Crippen molar-refractivity contribution in [1.29, 1.82) is 0 Å². The topological polar surface area (TPSA) is 66.5 Å². The monoisotopic (exact) mass is 600 g/mol. The molecule has 1 amide bonds. The van der Waals surface area contributed by atoms with Gasteiger partial charge in [0.25, 0.3) is 0 Å². The molecule has 5 nitrogen and oxygen atoms in total. The molecule has 0 saturated carbocycles. The Bertz CT molecular complexity index is 1890. The summed E-state index contributed by atoms with van der Waals surface area (Å²) in [6.45, 7) is 0.316. The van der Waals surface area contributed by atoms with Crippen molar-refractivity contribution in [3.05, 3.63) is 136 Å². The Balaban J connectivity index is 1.31. The van der Waals surface area contributed by atoms with Crippen molar-refractivity contribution >= 4 is 49.9 Å². The maximum atomic E-state index is 14.1. The molecule has 0 fully saturated rings. The van der Waals surface area contributed by atoms with E-state index in [2.05, 4.69) is 5.32 Å². The van der Waals surface area contributed by atoms with Gasteiger partial charge < -0.3 is 5.32 Å². The number of nitrogens with one attached hydrogen (secondary N) is 1. The van der Waals surface area contributed by atoms with Crippen LogP contribution < -0.4 is 5.32 Å². The summed E-state index contributed by atoms with van der Waals surface area (Å²) < 4.78 is 29.4. The van der Waals surface area contributed by atoms with Crippen LogP contribution in [-0.4, -0.2) is 24.7 Å². The molecule has 41 heavy (non-hydrogen) atoms. The molecule has 8 heteroatoms. The molecule has 1 heterocycles. The van der Waals surface area contributed by atoms with Gasteiger partial charge in [-0.15, -0.1) is 0 Å². The normalized spacial score (nSPS) is 15.4. The molecular formula is C33H26Cl2N2O3S. The van der Waals surface area contributed by atoms with Crippen molar-refractivity contribution in [2.45, 2.75) is 30.4 Å². The third-order valence-electron chi connectivity index (χ3n) is 7.53. The Hall–Kier alpha value is -3.68. The highest BCUT2D eigenvalue weighted by Crippen LogP contribution is 2.33. The van der Waals surface area contributed by atoms with Crippen LogP contribution in [-0.2, 0) is 34.3 Å². The maximum absolute atomic E-state index is 14.1. The molecule has 1 aliphatic rings. The molecule has 5 aromatic carbocycles. The summed E-state index contributed by atoms with van der Waals surface area (Å²) in [7, 11) is -3.99. The van der Waals surface area contributed by atoms with E-state index in [9.17, 15) is 13.2 Å². The van der Waals surface area contributed by atoms with Gasteiger partial charge in [0, 0.05) is 28.7 Å². The minimum absolute atomic E-state index is 0.111. The highest BCUT2D eigenvalue weighted by molar-refractivity contribution is 7.89. The zero-order valence-corrected chi connectivity index (χ0v) is 24.3. The van der Waals surface area contributed by atoms with Gasteiger partial charge >= 0.3 is 0 Å². The van der Waals surface area contributed by atoms with Crippen LogP contribution in [0.25, 0.3) is 21.9 Å². The smallest absolute Gasteiger partial charge is 0.244 e. The van der Waals surface area contributed by atoms with Crippen LogP contribution in [0.4, 0.5) is 0 Å². The van der Waals surface area contributed by atoms with E-state index < -0.39 is 16.1 Å². The van der Waals surface area contributed by atoms with Crippen molar-refractivity contribution in [3.8, 4) is 11.1 Å². The van der Waals surface area contributed by atoms with Crippen molar-refractivity contribution in [3.63, 3.8) is 0 Å². The molecule has 0 radical (unpaired) electrons. The highest BCUT2D eigenvalue weighted by Gasteiger charge is 2.39. The van der Waals surface area contributed by atoms with E-state index in [1.807, 2.05) is 78.9 Å². The Morgan fingerprint density at radius 3 is 2.29 bits per heavy atom. The molecule has 0 spiro atoms. The SMILES string of the molecule is O=C(NCc1ccccc1-c1ccc(Cl)cc1Cl)C1Cc2ccccc2CN1S(=O)(=O)c1ccc2ccccc2c1. The number of carbonyl (C=O) groups is 1. The minimum Gasteiger partial charge on any atom is -0.351 e. The van der Waals surface area contributed by atoms with E-state index in [1.165, 1.54) is 4.31 Å². The Labute approximate surface area is 249 Å². The van der Waals surface area contributed by atoms with Gasteiger partial charge in [-0.1, -0.05) is 108 Å². The Morgan fingerprint density at radius 2 is 1.49 bits per heavy atom. The van der Waals surface area contributed by atoms with Gasteiger partial charge in [-0.25, -0.2) is 8.42 Å². The van der Waals surface area contributed by atoms with Crippen molar-refractivity contribution < 1.29 is 13.2 Å². The number of hydrogen-bond acceptors (Lipinski definition) is 3. The molecule has 1 unspecified atom stereocenters. The van der Waals surface area contributed by atoms with E-state index in [0.717, 1.165) is 38.6 Å². The molecule has 1 atom stereocenters. The molecule has 1 N–H and O–H groups in total. The van der Waals surface area contributed by atoms with Crippen LogP contribution in [0.15, 0.2) is 114 Å². The fourth-order valence-electron chi connectivity index (χ4n) is 5.38. The van der Waals surface area contributed by atoms with Gasteiger partial charge in [0.05, 0.1) is 4.90 Å². The number of fused-ring (bicyclic) bond motifs is 2. The molecule has 5 aromatic rings. The van der Waals surface area contributed by atoms with Gasteiger partial charge in [0.15, 0.2) is 0 Å². The maximum Gasteiger partial charge on any atom is 0.244 e. The number of sulfonamides is 1. The number of benzene rings is 5. The van der Waals surface area contributed by atoms with E-state index >= 15 is 0 Å². The second-order valence-electron chi connectivity index (χ2n) is 10.0. The van der Waals surface area contributed by atoms with E-state index in [0.29, 0.717) is 10.0 Å². The summed E-state index contributed by atoms with van der Waals surface area (Å²) in [6, 6.07) is 32.4. The number of carbonyl (C=O) groups excluding carboxylic acids is 1. The third-order valence-corrected chi connectivity index (χ3v) is 9.93. The second kappa shape index (κ2) is 11.3. The first-order valence-corrected chi connectivity index (χ1v) is 15.4. The van der Waals surface area contributed by atoms with Crippen molar-refractivity contribution in [2.75, 3.05) is 0 Å². The van der Waals surface area contributed by atoms with Gasteiger partial charge in [-0.3, -0.25) is 4.79 Å². The molecule has 0 aliphatic carbocycles. The van der Waals surface area contributed by atoms with Crippen LogP contribution in [0.3, 0.4) is 0 Å². The first-order chi connectivity index (χ1) is 19.8. The quantitative estimate of drug-likeness (QED) is 0.223. The summed E-state index contributed by atoms with van der Waals surface area (Å²) in [5.41, 5.74) is 4.37. The number of halogens is 2. The molecule has 0 aromatic heterocycles. The fourth-order valence-corrected chi connectivity index (χ4v) is 7.49. The Kier molecular flexibility index (Phi) is 7.58. The lowest BCUT2D eigenvalue weighted by Gasteiger charge is -2.35. The van der Waals surface area contributed by atoms with E-state index in [4.69, 9.17) is 23.2 Å². The molecule has 206 valence electrons. The summed E-state index contributed by atoms with van der Waals surface area (Å²) in [5, 5.41) is 5.83. The lowest BCUT2D eigenvalue weighted by molar-refractivity contribution is -0.125. The van der Waals surface area contributed by atoms with Crippen LogP contribution in [0.1, 0.15) is 16.7 Å². The summed E-state index contributed by atoms with van der Waals surface area (Å²) >= 11 is 12.6. The third kappa shape index (κ3) is 5.48. The fraction of sp³-hybridized carbons (Fsp3) is 0.121. The van der Waals surface area contributed by atoms with Crippen molar-refractivity contribution in [1.82, 2.24) is 9.62 Å².